The van der Waals surface area contributed by atoms with Gasteiger partial charge in [0.05, 0.1) is 13.1 Å². The Bertz CT molecular complexity index is 326. The first-order valence-electron chi connectivity index (χ1n) is 3.53. The van der Waals surface area contributed by atoms with E-state index < -0.39 is 0 Å². The number of hydroxylamine groups is 2. The second-order valence-electron chi connectivity index (χ2n) is 2.64. The quantitative estimate of drug-likeness (QED) is 0.579. The number of aromatic nitrogens is 2. The van der Waals surface area contributed by atoms with Gasteiger partial charge in [-0.05, 0) is 0 Å². The summed E-state index contributed by atoms with van der Waals surface area (Å²) in [4.78, 5) is 18.8. The van der Waals surface area contributed by atoms with Crippen LogP contribution in [0.5, 0.6) is 0 Å². The van der Waals surface area contributed by atoms with Crippen LogP contribution in [0.3, 0.4) is 0 Å². The molecule has 1 aromatic heterocycles. The van der Waals surface area contributed by atoms with Crippen molar-refractivity contribution in [2.45, 2.75) is 6.54 Å². The number of hydrogen-bond acceptors (Lipinski definition) is 5. The van der Waals surface area contributed by atoms with Crippen molar-refractivity contribution in [2.75, 3.05) is 6.54 Å². The van der Waals surface area contributed by atoms with Crippen molar-refractivity contribution in [2.24, 2.45) is 0 Å². The molecule has 2 rings (SSSR count). The summed E-state index contributed by atoms with van der Waals surface area (Å²) in [5, 5.41) is 10.0. The Morgan fingerprint density at radius 1 is 1.50 bits per heavy atom. The minimum atomic E-state index is -0.166. The number of hydrogen-bond donors (Lipinski definition) is 1. The molecule has 5 nitrogen and oxygen atoms in total. The van der Waals surface area contributed by atoms with Crippen molar-refractivity contribution < 1.29 is 10.0 Å². The maximum absolute atomic E-state index is 11.2. The monoisotopic (exact) mass is 165 g/mol. The molecule has 0 amide bonds. The summed E-state index contributed by atoms with van der Waals surface area (Å²) in [5.74, 6) is -0.166. The molecule has 1 aliphatic heterocycles. The van der Waals surface area contributed by atoms with Gasteiger partial charge < -0.3 is 5.21 Å². The van der Waals surface area contributed by atoms with Crippen LogP contribution >= 0.6 is 0 Å². The number of Topliss-reactive ketones (excluding diaryl/α,β-unsaturated/α-hetero) is 1. The summed E-state index contributed by atoms with van der Waals surface area (Å²) in [6.07, 6.45) is 2.88. The smallest absolute Gasteiger partial charge is 0.197 e. The molecule has 5 heteroatoms. The third-order valence-electron chi connectivity index (χ3n) is 1.73. The van der Waals surface area contributed by atoms with Crippen molar-refractivity contribution >= 4 is 5.78 Å². The fraction of sp³-hybridized carbons (Fsp3) is 0.286. The van der Waals surface area contributed by atoms with Crippen LogP contribution in [0.25, 0.3) is 0 Å². The Kier molecular flexibility index (Phi) is 1.60. The summed E-state index contributed by atoms with van der Waals surface area (Å²) in [7, 11) is 0. The molecule has 0 unspecified atom stereocenters. The molecule has 0 saturated carbocycles. The van der Waals surface area contributed by atoms with Crippen LogP contribution in [0, 0.1) is 0 Å². The van der Waals surface area contributed by atoms with Gasteiger partial charge in [-0.25, -0.2) is 9.97 Å². The van der Waals surface area contributed by atoms with Gasteiger partial charge in [-0.3, -0.25) is 4.79 Å². The fourth-order valence-electron chi connectivity index (χ4n) is 1.22. The van der Waals surface area contributed by atoms with Crippen molar-refractivity contribution in [1.29, 1.82) is 0 Å². The van der Waals surface area contributed by atoms with E-state index >= 15 is 0 Å². The lowest BCUT2D eigenvalue weighted by Crippen LogP contribution is -2.33. The van der Waals surface area contributed by atoms with Crippen LogP contribution in [0.15, 0.2) is 12.5 Å². The van der Waals surface area contributed by atoms with Gasteiger partial charge >= 0.3 is 0 Å². The average Bonchev–Trinajstić information content (AvgIpc) is 2.04. The van der Waals surface area contributed by atoms with Crippen LogP contribution in [0.4, 0.5) is 0 Å². The highest BCUT2D eigenvalue weighted by atomic mass is 16.5. The highest BCUT2D eigenvalue weighted by Gasteiger charge is 2.22. The second kappa shape index (κ2) is 2.62. The number of carbonyl (C=O) groups excluding carboxylic acids is 1. The first-order chi connectivity index (χ1) is 5.77. The third-order valence-corrected chi connectivity index (χ3v) is 1.73. The molecule has 0 saturated heterocycles. The average molecular weight is 165 g/mol. The molecule has 0 spiro atoms. The van der Waals surface area contributed by atoms with E-state index in [-0.39, 0.29) is 12.3 Å². The zero-order valence-electron chi connectivity index (χ0n) is 6.27. The van der Waals surface area contributed by atoms with Crippen LogP contribution in [0.1, 0.15) is 16.1 Å². The lowest BCUT2D eigenvalue weighted by Gasteiger charge is -2.20. The van der Waals surface area contributed by atoms with Gasteiger partial charge in [0.25, 0.3) is 0 Å². The maximum Gasteiger partial charge on any atom is 0.197 e. The molecule has 0 atom stereocenters. The zero-order chi connectivity index (χ0) is 8.55. The van der Waals surface area contributed by atoms with Crippen LogP contribution in [0.2, 0.25) is 0 Å². The molecule has 2 heterocycles. The van der Waals surface area contributed by atoms with E-state index in [0.29, 0.717) is 17.8 Å². The van der Waals surface area contributed by atoms with Gasteiger partial charge in [0.2, 0.25) is 0 Å². The number of fused-ring (bicyclic) bond motifs is 1. The molecule has 0 fully saturated rings. The molecule has 0 aliphatic carbocycles. The molecule has 0 aromatic carbocycles. The van der Waals surface area contributed by atoms with Crippen molar-refractivity contribution in [3.63, 3.8) is 0 Å². The Hall–Kier alpha value is -1.33. The number of ketones is 1. The summed E-state index contributed by atoms with van der Waals surface area (Å²) < 4.78 is 0. The van der Waals surface area contributed by atoms with Crippen LogP contribution in [-0.4, -0.2) is 32.6 Å². The van der Waals surface area contributed by atoms with Gasteiger partial charge in [-0.2, -0.15) is 5.06 Å². The molecule has 1 N–H and O–H groups in total. The molecule has 0 bridgehead atoms. The Balaban J connectivity index is 2.47. The van der Waals surface area contributed by atoms with E-state index in [1.807, 2.05) is 0 Å². The van der Waals surface area contributed by atoms with Gasteiger partial charge in [0.1, 0.15) is 12.0 Å². The molecular formula is C7H7N3O2. The van der Waals surface area contributed by atoms with E-state index in [1.165, 1.54) is 6.33 Å². The molecule has 0 radical (unpaired) electrons. The zero-order valence-corrected chi connectivity index (χ0v) is 6.27. The van der Waals surface area contributed by atoms with Crippen LogP contribution < -0.4 is 0 Å². The molecule has 12 heavy (non-hydrogen) atoms. The van der Waals surface area contributed by atoms with Crippen molar-refractivity contribution in [1.82, 2.24) is 15.0 Å². The van der Waals surface area contributed by atoms with E-state index in [1.54, 1.807) is 6.20 Å². The number of carbonyl (C=O) groups is 1. The fourth-order valence-corrected chi connectivity index (χ4v) is 1.22. The first-order valence-corrected chi connectivity index (χ1v) is 3.53. The molecule has 1 aromatic rings. The van der Waals surface area contributed by atoms with Gasteiger partial charge in [-0.15, -0.1) is 0 Å². The minimum absolute atomic E-state index is 0.0179. The van der Waals surface area contributed by atoms with Gasteiger partial charge in [0.15, 0.2) is 5.78 Å². The number of rotatable bonds is 0. The summed E-state index contributed by atoms with van der Waals surface area (Å²) >= 11 is 0. The van der Waals surface area contributed by atoms with E-state index in [2.05, 4.69) is 9.97 Å². The van der Waals surface area contributed by atoms with Crippen LogP contribution in [-0.2, 0) is 6.54 Å². The maximum atomic E-state index is 11.2. The predicted molar refractivity (Wildman–Crippen MR) is 38.6 cm³/mol. The largest absolute Gasteiger partial charge is 0.313 e. The van der Waals surface area contributed by atoms with E-state index in [0.717, 1.165) is 5.06 Å². The standard InChI is InChI=1S/C7H7N3O2/c11-6-3-10(12)2-5-1-8-4-9-7(5)6/h1,4,12H,2-3H2. The molecule has 1 aliphatic rings. The van der Waals surface area contributed by atoms with Crippen molar-refractivity contribution in [3.05, 3.63) is 23.8 Å². The Labute approximate surface area is 68.6 Å². The van der Waals surface area contributed by atoms with Gasteiger partial charge in [0, 0.05) is 11.8 Å². The van der Waals surface area contributed by atoms with E-state index in [9.17, 15) is 4.79 Å². The Morgan fingerprint density at radius 2 is 2.33 bits per heavy atom. The SMILES string of the molecule is O=C1CN(O)Cc2cncnc21. The third kappa shape index (κ3) is 1.09. The topological polar surface area (TPSA) is 66.3 Å². The predicted octanol–water partition coefficient (Wildman–Crippen LogP) is -0.136. The first kappa shape index (κ1) is 7.33. The lowest BCUT2D eigenvalue weighted by atomic mass is 10.1. The summed E-state index contributed by atoms with van der Waals surface area (Å²) in [6.45, 7) is 0.339. The second-order valence-corrected chi connectivity index (χ2v) is 2.64. The lowest BCUT2D eigenvalue weighted by molar-refractivity contribution is -0.0935. The summed E-state index contributed by atoms with van der Waals surface area (Å²) in [6, 6.07) is 0. The minimum Gasteiger partial charge on any atom is -0.313 e. The van der Waals surface area contributed by atoms with E-state index in [4.69, 9.17) is 5.21 Å². The molecular weight excluding hydrogens is 158 g/mol. The highest BCUT2D eigenvalue weighted by Crippen LogP contribution is 2.12. The number of nitrogens with zero attached hydrogens (tertiary/aromatic N) is 3. The van der Waals surface area contributed by atoms with Crippen molar-refractivity contribution in [3.8, 4) is 0 Å². The van der Waals surface area contributed by atoms with Gasteiger partial charge in [-0.1, -0.05) is 0 Å². The summed E-state index contributed by atoms with van der Waals surface area (Å²) in [5.41, 5.74) is 1.10. The normalized spacial score (nSPS) is 17.6. The molecule has 62 valence electrons. The highest BCUT2D eigenvalue weighted by molar-refractivity contribution is 5.97. The Morgan fingerprint density at radius 3 is 3.17 bits per heavy atom.